The van der Waals surface area contributed by atoms with Gasteiger partial charge < -0.3 is 14.6 Å². The van der Waals surface area contributed by atoms with Gasteiger partial charge in [0.15, 0.2) is 5.82 Å². The van der Waals surface area contributed by atoms with Crippen LogP contribution in [0.25, 0.3) is 0 Å². The maximum absolute atomic E-state index is 5.93. The third-order valence-corrected chi connectivity index (χ3v) is 3.66. The van der Waals surface area contributed by atoms with Gasteiger partial charge >= 0.3 is 0 Å². The fourth-order valence-electron chi connectivity index (χ4n) is 1.49. The molecule has 0 unspecified atom stereocenters. The van der Waals surface area contributed by atoms with E-state index in [-0.39, 0.29) is 0 Å². The van der Waals surface area contributed by atoms with E-state index in [9.17, 15) is 0 Å². The fraction of sp³-hybridized carbons (Fsp3) is 0.385. The van der Waals surface area contributed by atoms with Crippen molar-refractivity contribution in [3.8, 4) is 0 Å². The molecule has 2 aromatic rings. The van der Waals surface area contributed by atoms with Gasteiger partial charge in [-0.15, -0.1) is 11.8 Å². The number of methoxy groups -OCH3 is 1. The standard InChI is InChI=1S/C13H16ClN3O2S/c1-18-6-5-15-8-13-16-12(17-19-13)9-20-11-4-2-3-10(14)7-11/h2-4,7,15H,5-6,8-9H2,1H3. The molecule has 1 heterocycles. The number of nitrogens with zero attached hydrogens (tertiary/aromatic N) is 2. The first-order valence-corrected chi connectivity index (χ1v) is 7.54. The summed E-state index contributed by atoms with van der Waals surface area (Å²) in [7, 11) is 1.67. The van der Waals surface area contributed by atoms with E-state index < -0.39 is 0 Å². The summed E-state index contributed by atoms with van der Waals surface area (Å²) in [6.07, 6.45) is 0. The van der Waals surface area contributed by atoms with Crippen LogP contribution in [0, 0.1) is 0 Å². The molecular formula is C13H16ClN3O2S. The molecule has 108 valence electrons. The van der Waals surface area contributed by atoms with Crippen molar-refractivity contribution in [2.24, 2.45) is 0 Å². The number of ether oxygens (including phenoxy) is 1. The Morgan fingerprint density at radius 2 is 2.35 bits per heavy atom. The zero-order valence-electron chi connectivity index (χ0n) is 11.1. The minimum Gasteiger partial charge on any atom is -0.383 e. The van der Waals surface area contributed by atoms with E-state index in [1.54, 1.807) is 18.9 Å². The molecule has 7 heteroatoms. The van der Waals surface area contributed by atoms with Crippen molar-refractivity contribution >= 4 is 23.4 Å². The van der Waals surface area contributed by atoms with E-state index in [0.717, 1.165) is 16.5 Å². The van der Waals surface area contributed by atoms with Crippen molar-refractivity contribution in [1.82, 2.24) is 15.5 Å². The first kappa shape index (κ1) is 15.3. The molecule has 1 aromatic heterocycles. The van der Waals surface area contributed by atoms with Crippen LogP contribution in [-0.4, -0.2) is 30.4 Å². The molecule has 0 aliphatic rings. The predicted octanol–water partition coefficient (Wildman–Crippen LogP) is 2.75. The second-order valence-electron chi connectivity index (χ2n) is 4.02. The van der Waals surface area contributed by atoms with Crippen LogP contribution in [0.1, 0.15) is 11.7 Å². The van der Waals surface area contributed by atoms with Crippen LogP contribution in [-0.2, 0) is 17.0 Å². The monoisotopic (exact) mass is 313 g/mol. The lowest BCUT2D eigenvalue weighted by Gasteiger charge is -1.99. The number of halogens is 1. The fourth-order valence-corrected chi connectivity index (χ4v) is 2.55. The topological polar surface area (TPSA) is 60.2 Å². The minimum atomic E-state index is 0.554. The molecule has 0 spiro atoms. The Morgan fingerprint density at radius 3 is 3.15 bits per heavy atom. The Hall–Kier alpha value is -1.08. The van der Waals surface area contributed by atoms with Gasteiger partial charge in [-0.2, -0.15) is 4.98 Å². The number of hydrogen-bond donors (Lipinski definition) is 1. The van der Waals surface area contributed by atoms with Crippen molar-refractivity contribution < 1.29 is 9.26 Å². The number of nitrogens with one attached hydrogen (secondary N) is 1. The molecule has 0 aliphatic heterocycles. The average molecular weight is 314 g/mol. The zero-order valence-corrected chi connectivity index (χ0v) is 12.7. The molecule has 0 saturated heterocycles. The molecule has 0 bridgehead atoms. The van der Waals surface area contributed by atoms with E-state index in [1.165, 1.54) is 0 Å². The van der Waals surface area contributed by atoms with Gasteiger partial charge in [-0.05, 0) is 18.2 Å². The minimum absolute atomic E-state index is 0.554. The van der Waals surface area contributed by atoms with E-state index in [0.29, 0.717) is 30.6 Å². The number of hydrogen-bond acceptors (Lipinski definition) is 6. The Balaban J connectivity index is 1.78. The Morgan fingerprint density at radius 1 is 1.45 bits per heavy atom. The molecule has 0 atom stereocenters. The van der Waals surface area contributed by atoms with Crippen molar-refractivity contribution in [2.75, 3.05) is 20.3 Å². The average Bonchev–Trinajstić information content (AvgIpc) is 2.89. The summed E-state index contributed by atoms with van der Waals surface area (Å²) in [5, 5.41) is 7.82. The van der Waals surface area contributed by atoms with Crippen LogP contribution in [0.3, 0.4) is 0 Å². The molecular weight excluding hydrogens is 298 g/mol. The van der Waals surface area contributed by atoms with Gasteiger partial charge in [-0.1, -0.05) is 22.8 Å². The van der Waals surface area contributed by atoms with Crippen LogP contribution in [0.4, 0.5) is 0 Å². The van der Waals surface area contributed by atoms with Crippen molar-refractivity contribution in [3.05, 3.63) is 41.0 Å². The quantitative estimate of drug-likeness (QED) is 0.597. The van der Waals surface area contributed by atoms with E-state index in [1.807, 2.05) is 24.3 Å². The number of rotatable bonds is 8. The van der Waals surface area contributed by atoms with Crippen LogP contribution in [0.2, 0.25) is 5.02 Å². The third kappa shape index (κ3) is 5.13. The van der Waals surface area contributed by atoms with E-state index >= 15 is 0 Å². The molecule has 0 radical (unpaired) electrons. The molecule has 1 aromatic carbocycles. The molecule has 0 aliphatic carbocycles. The second kappa shape index (κ2) is 8.26. The summed E-state index contributed by atoms with van der Waals surface area (Å²) in [4.78, 5) is 5.40. The highest BCUT2D eigenvalue weighted by atomic mass is 35.5. The summed E-state index contributed by atoms with van der Waals surface area (Å²) in [5.41, 5.74) is 0. The van der Waals surface area contributed by atoms with Crippen LogP contribution >= 0.6 is 23.4 Å². The highest BCUT2D eigenvalue weighted by Crippen LogP contribution is 2.24. The zero-order chi connectivity index (χ0) is 14.2. The summed E-state index contributed by atoms with van der Waals surface area (Å²) in [6, 6.07) is 7.69. The number of aromatic nitrogens is 2. The highest BCUT2D eigenvalue weighted by molar-refractivity contribution is 7.98. The summed E-state index contributed by atoms with van der Waals surface area (Å²) < 4.78 is 10.1. The molecule has 0 amide bonds. The van der Waals surface area contributed by atoms with Crippen LogP contribution in [0.5, 0.6) is 0 Å². The molecule has 20 heavy (non-hydrogen) atoms. The van der Waals surface area contributed by atoms with Gasteiger partial charge in [0, 0.05) is 23.6 Å². The number of benzene rings is 1. The first-order chi connectivity index (χ1) is 9.78. The van der Waals surface area contributed by atoms with Crippen molar-refractivity contribution in [2.45, 2.75) is 17.2 Å². The molecule has 2 rings (SSSR count). The lowest BCUT2D eigenvalue weighted by Crippen LogP contribution is -2.18. The molecule has 1 N–H and O–H groups in total. The first-order valence-electron chi connectivity index (χ1n) is 6.17. The largest absolute Gasteiger partial charge is 0.383 e. The van der Waals surface area contributed by atoms with E-state index in [4.69, 9.17) is 20.9 Å². The third-order valence-electron chi connectivity index (χ3n) is 2.43. The lowest BCUT2D eigenvalue weighted by molar-refractivity contribution is 0.197. The van der Waals surface area contributed by atoms with Gasteiger partial charge in [0.05, 0.1) is 18.9 Å². The summed E-state index contributed by atoms with van der Waals surface area (Å²) in [5.74, 6) is 1.92. The smallest absolute Gasteiger partial charge is 0.240 e. The molecule has 0 fully saturated rings. The van der Waals surface area contributed by atoms with Gasteiger partial charge in [-0.25, -0.2) is 0 Å². The lowest BCUT2D eigenvalue weighted by atomic mass is 10.4. The van der Waals surface area contributed by atoms with E-state index in [2.05, 4.69) is 15.5 Å². The maximum atomic E-state index is 5.93. The van der Waals surface area contributed by atoms with Crippen molar-refractivity contribution in [1.29, 1.82) is 0 Å². The predicted molar refractivity (Wildman–Crippen MR) is 78.9 cm³/mol. The SMILES string of the molecule is COCCNCc1nc(CSc2cccc(Cl)c2)no1. The van der Waals surface area contributed by atoms with Gasteiger partial charge in [-0.3, -0.25) is 0 Å². The normalized spacial score (nSPS) is 10.9. The van der Waals surface area contributed by atoms with Gasteiger partial charge in [0.25, 0.3) is 0 Å². The molecule has 0 saturated carbocycles. The maximum Gasteiger partial charge on any atom is 0.240 e. The van der Waals surface area contributed by atoms with Crippen LogP contribution < -0.4 is 5.32 Å². The second-order valence-corrected chi connectivity index (χ2v) is 5.51. The van der Waals surface area contributed by atoms with Crippen LogP contribution in [0.15, 0.2) is 33.7 Å². The molecule has 5 nitrogen and oxygen atoms in total. The Labute approximate surface area is 127 Å². The van der Waals surface area contributed by atoms with Gasteiger partial charge in [0.1, 0.15) is 0 Å². The highest BCUT2D eigenvalue weighted by Gasteiger charge is 2.06. The number of thioether (sulfide) groups is 1. The summed E-state index contributed by atoms with van der Waals surface area (Å²) in [6.45, 7) is 1.97. The van der Waals surface area contributed by atoms with Crippen molar-refractivity contribution in [3.63, 3.8) is 0 Å². The Kier molecular flexibility index (Phi) is 6.32. The summed E-state index contributed by atoms with van der Waals surface area (Å²) >= 11 is 7.56. The Bertz CT molecular complexity index is 536. The van der Waals surface area contributed by atoms with Gasteiger partial charge in [0.2, 0.25) is 5.89 Å².